The first-order valence-electron chi connectivity index (χ1n) is 13.6. The van der Waals surface area contributed by atoms with Crippen LogP contribution in [0.1, 0.15) is 35.5 Å². The van der Waals surface area contributed by atoms with Gasteiger partial charge in [-0.05, 0) is 62.4 Å². The van der Waals surface area contributed by atoms with E-state index in [-0.39, 0.29) is 47.0 Å². The summed E-state index contributed by atoms with van der Waals surface area (Å²) in [5.41, 5.74) is -5.51. The summed E-state index contributed by atoms with van der Waals surface area (Å²) in [6.07, 6.45) is -3.81. The van der Waals surface area contributed by atoms with Gasteiger partial charge in [-0.2, -0.15) is 13.2 Å². The van der Waals surface area contributed by atoms with Crippen molar-refractivity contribution in [1.29, 1.82) is 0 Å². The van der Waals surface area contributed by atoms with E-state index in [0.29, 0.717) is 10.9 Å². The van der Waals surface area contributed by atoms with Crippen molar-refractivity contribution in [3.63, 3.8) is 0 Å². The molecule has 4 aromatic rings. The van der Waals surface area contributed by atoms with E-state index in [1.807, 2.05) is 0 Å². The number of fused-ring (bicyclic) bond motifs is 2. The number of aromatic nitrogens is 2. The summed E-state index contributed by atoms with van der Waals surface area (Å²) >= 11 is 0. The van der Waals surface area contributed by atoms with Gasteiger partial charge in [0.05, 0.1) is 19.3 Å². The second-order valence-corrected chi connectivity index (χ2v) is 10.5. The maximum absolute atomic E-state index is 14.8. The van der Waals surface area contributed by atoms with Crippen LogP contribution in [0.2, 0.25) is 0 Å². The van der Waals surface area contributed by atoms with Gasteiger partial charge in [0.1, 0.15) is 40.5 Å². The van der Waals surface area contributed by atoms with E-state index in [1.165, 1.54) is 44.5 Å². The second-order valence-electron chi connectivity index (χ2n) is 10.5. The lowest BCUT2D eigenvalue weighted by atomic mass is 9.81. The second kappa shape index (κ2) is 11.4. The summed E-state index contributed by atoms with van der Waals surface area (Å²) in [7, 11) is 1.37. The van der Waals surface area contributed by atoms with Crippen molar-refractivity contribution in [2.24, 2.45) is 0 Å². The van der Waals surface area contributed by atoms with Crippen molar-refractivity contribution >= 4 is 22.7 Å². The predicted molar refractivity (Wildman–Crippen MR) is 152 cm³/mol. The van der Waals surface area contributed by atoms with Crippen LogP contribution in [0.15, 0.2) is 60.8 Å². The number of carbonyl (C=O) groups excluding carboxylic acids is 2. The third-order valence-corrected chi connectivity index (χ3v) is 7.58. The lowest BCUT2D eigenvalue weighted by Gasteiger charge is -2.31. The van der Waals surface area contributed by atoms with Crippen molar-refractivity contribution in [2.45, 2.75) is 31.0 Å². The van der Waals surface area contributed by atoms with Crippen molar-refractivity contribution in [3.8, 4) is 22.8 Å². The number of benzene rings is 2. The number of hydrogen-bond donors (Lipinski definition) is 3. The highest BCUT2D eigenvalue weighted by molar-refractivity contribution is 6.00. The van der Waals surface area contributed by atoms with E-state index < -0.39 is 47.1 Å². The van der Waals surface area contributed by atoms with Crippen LogP contribution >= 0.6 is 0 Å². The lowest BCUT2D eigenvalue weighted by Crippen LogP contribution is -2.52. The molecule has 13 heteroatoms. The molecule has 3 heterocycles. The summed E-state index contributed by atoms with van der Waals surface area (Å²) in [5, 5.41) is 16.7. The van der Waals surface area contributed by atoms with Crippen molar-refractivity contribution in [2.75, 3.05) is 26.8 Å². The molecule has 0 radical (unpaired) electrons. The fourth-order valence-electron chi connectivity index (χ4n) is 5.03. The number of methoxy groups -OCH3 is 1. The maximum atomic E-state index is 14.8. The van der Waals surface area contributed by atoms with E-state index in [1.54, 1.807) is 19.1 Å². The number of ether oxygens (including phenoxy) is 2. The van der Waals surface area contributed by atoms with Gasteiger partial charge in [-0.1, -0.05) is 6.07 Å². The Morgan fingerprint density at radius 2 is 1.84 bits per heavy atom. The summed E-state index contributed by atoms with van der Waals surface area (Å²) in [6.45, 7) is 1.90. The van der Waals surface area contributed by atoms with Crippen molar-refractivity contribution in [3.05, 3.63) is 83.4 Å². The zero-order valence-electron chi connectivity index (χ0n) is 23.9. The highest BCUT2D eigenvalue weighted by atomic mass is 19.4. The SMILES string of the molecule is CCNC(=O)[C@@]1(C)COc2c1cc([C@@](O)(CNC(=O)c1cc(OC)c3ncccc3c1)C(F)(F)F)nc2-c1ccc(F)cc1. The molecule has 1 aliphatic rings. The van der Waals surface area contributed by atoms with Crippen LogP contribution in [0.5, 0.6) is 11.5 Å². The van der Waals surface area contributed by atoms with Crippen LogP contribution in [-0.4, -0.2) is 59.9 Å². The standard InChI is InChI=1S/C31H28F4N4O5/c1-4-36-28(41)29(2)16-44-26-21(29)14-23(39-25(26)17-7-9-20(32)10-8-17)30(42,31(33,34)35)15-38-27(40)19-12-18-6-5-11-37-24(18)22(13-19)43-3/h5-14,42H,4,15-16H2,1-3H3,(H,36,41)(H,38,40)/t29-,30-/m0/s1. The summed E-state index contributed by atoms with van der Waals surface area (Å²) in [5.74, 6) is -1.77. The Kier molecular flexibility index (Phi) is 7.93. The van der Waals surface area contributed by atoms with Crippen molar-refractivity contribution in [1.82, 2.24) is 20.6 Å². The molecule has 0 bridgehead atoms. The third-order valence-electron chi connectivity index (χ3n) is 7.58. The number of carbonyl (C=O) groups is 2. The van der Waals surface area contributed by atoms with Gasteiger partial charge in [-0.3, -0.25) is 14.6 Å². The Balaban J connectivity index is 1.60. The smallest absolute Gasteiger partial charge is 0.424 e. The number of nitrogens with one attached hydrogen (secondary N) is 2. The van der Waals surface area contributed by atoms with Crippen LogP contribution in [0.4, 0.5) is 17.6 Å². The van der Waals surface area contributed by atoms with E-state index in [2.05, 4.69) is 20.6 Å². The van der Waals surface area contributed by atoms with Crippen LogP contribution in [-0.2, 0) is 15.8 Å². The molecule has 2 atom stereocenters. The maximum Gasteiger partial charge on any atom is 0.424 e. The number of halogens is 4. The number of amides is 2. The van der Waals surface area contributed by atoms with Gasteiger partial charge in [0.15, 0.2) is 0 Å². The largest absolute Gasteiger partial charge is 0.494 e. The molecule has 0 saturated carbocycles. The van der Waals surface area contributed by atoms with Gasteiger partial charge >= 0.3 is 6.18 Å². The van der Waals surface area contributed by atoms with Crippen LogP contribution in [0.25, 0.3) is 22.2 Å². The van der Waals surface area contributed by atoms with E-state index >= 15 is 0 Å². The van der Waals surface area contributed by atoms with Gasteiger partial charge in [0.2, 0.25) is 11.5 Å². The first-order valence-corrected chi connectivity index (χ1v) is 13.6. The molecular weight excluding hydrogens is 584 g/mol. The zero-order chi connectivity index (χ0) is 31.9. The number of alkyl halides is 3. The Morgan fingerprint density at radius 1 is 1.11 bits per heavy atom. The Hall–Kier alpha value is -4.78. The first-order chi connectivity index (χ1) is 20.8. The Bertz CT molecular complexity index is 1750. The monoisotopic (exact) mass is 612 g/mol. The van der Waals surface area contributed by atoms with Crippen LogP contribution in [0, 0.1) is 5.82 Å². The molecule has 2 amide bonds. The van der Waals surface area contributed by atoms with E-state index in [0.717, 1.165) is 18.2 Å². The van der Waals surface area contributed by atoms with Gasteiger partial charge in [0, 0.05) is 34.8 Å². The van der Waals surface area contributed by atoms with E-state index in [4.69, 9.17) is 9.47 Å². The molecule has 2 aromatic carbocycles. The molecule has 44 heavy (non-hydrogen) atoms. The van der Waals surface area contributed by atoms with Gasteiger partial charge < -0.3 is 25.2 Å². The minimum absolute atomic E-state index is 0.0274. The molecule has 0 aliphatic carbocycles. The number of nitrogens with zero attached hydrogens (tertiary/aromatic N) is 2. The molecule has 0 spiro atoms. The summed E-state index contributed by atoms with van der Waals surface area (Å²) in [4.78, 5) is 34.6. The third kappa shape index (κ3) is 5.27. The summed E-state index contributed by atoms with van der Waals surface area (Å²) < 4.78 is 69.1. The van der Waals surface area contributed by atoms with Gasteiger partial charge in [-0.15, -0.1) is 0 Å². The minimum atomic E-state index is -5.34. The predicted octanol–water partition coefficient (Wildman–Crippen LogP) is 4.41. The molecule has 230 valence electrons. The normalized spacial score (nSPS) is 17.4. The fourth-order valence-corrected chi connectivity index (χ4v) is 5.03. The zero-order valence-corrected chi connectivity index (χ0v) is 23.9. The molecule has 5 rings (SSSR count). The molecule has 2 aromatic heterocycles. The first kappa shape index (κ1) is 30.7. The van der Waals surface area contributed by atoms with Crippen molar-refractivity contribution < 1.29 is 41.7 Å². The topological polar surface area (TPSA) is 123 Å². The Morgan fingerprint density at radius 3 is 2.50 bits per heavy atom. The van der Waals surface area contributed by atoms with Gasteiger partial charge in [-0.25, -0.2) is 9.37 Å². The van der Waals surface area contributed by atoms with Crippen LogP contribution < -0.4 is 20.1 Å². The molecule has 0 fully saturated rings. The highest BCUT2D eigenvalue weighted by Gasteiger charge is 2.58. The van der Waals surface area contributed by atoms with Gasteiger partial charge in [0.25, 0.3) is 5.91 Å². The fraction of sp³-hybridized carbons (Fsp3) is 0.290. The number of hydrogen-bond acceptors (Lipinski definition) is 7. The molecule has 9 nitrogen and oxygen atoms in total. The quantitative estimate of drug-likeness (QED) is 0.252. The molecular formula is C31H28F4N4O5. The highest BCUT2D eigenvalue weighted by Crippen LogP contribution is 2.48. The molecule has 3 N–H and O–H groups in total. The Labute approximate surface area is 249 Å². The lowest BCUT2D eigenvalue weighted by molar-refractivity contribution is -0.265. The van der Waals surface area contributed by atoms with Crippen LogP contribution in [0.3, 0.4) is 0 Å². The average molecular weight is 613 g/mol. The molecule has 1 aliphatic heterocycles. The number of aliphatic hydroxyl groups is 1. The minimum Gasteiger partial charge on any atom is -0.494 e. The number of likely N-dealkylation sites (N-methyl/N-ethyl adjacent to an activating group) is 1. The average Bonchev–Trinajstić information content (AvgIpc) is 3.36. The van der Waals surface area contributed by atoms with E-state index in [9.17, 15) is 32.3 Å². The molecule has 0 saturated heterocycles. The molecule has 0 unspecified atom stereocenters. The number of pyridine rings is 2. The number of rotatable bonds is 8. The summed E-state index contributed by atoms with van der Waals surface area (Å²) in [6, 6.07) is 11.8.